The first-order valence-electron chi connectivity index (χ1n) is 10.0. The van der Waals surface area contributed by atoms with Crippen molar-refractivity contribution in [2.75, 3.05) is 7.05 Å². The third kappa shape index (κ3) is 4.42. The average Bonchev–Trinajstić information content (AvgIpc) is 3.18. The van der Waals surface area contributed by atoms with Crippen LogP contribution in [-0.2, 0) is 21.4 Å². The maximum atomic E-state index is 13.3. The van der Waals surface area contributed by atoms with Crippen molar-refractivity contribution in [2.24, 2.45) is 10.4 Å². The molecule has 2 aliphatic heterocycles. The molecule has 2 heterocycles. The van der Waals surface area contributed by atoms with Gasteiger partial charge in [-0.1, -0.05) is 20.8 Å². The van der Waals surface area contributed by atoms with Gasteiger partial charge in [-0.05, 0) is 54.3 Å². The van der Waals surface area contributed by atoms with Gasteiger partial charge in [0.2, 0.25) is 15.9 Å². The summed E-state index contributed by atoms with van der Waals surface area (Å²) in [5, 5.41) is 5.21. The molecule has 2 atom stereocenters. The first-order valence-corrected chi connectivity index (χ1v) is 12.9. The lowest BCUT2D eigenvalue weighted by atomic mass is 9.87. The molecule has 1 aromatic carbocycles. The number of carbonyl (C=O) groups is 2. The Morgan fingerprint density at radius 1 is 1.29 bits per heavy atom. The lowest BCUT2D eigenvalue weighted by Gasteiger charge is -2.35. The standard InChI is InChI=1S/C21H30N4O4S2/c1-12-11-30(20(23-12)24-14(3)26)16-8-15-10-25(13(2)21(4,5)6)19(27)18(15)17(9-16)31(28,29)22-7/h8-9,11,13,22,30H,10H2,1-7H3,(H,23,24,26)/t13-/m0/s1. The SMILES string of the molecule is CNS(=O)(=O)c1cc([SH]2C=C(C)N=C2NC(C)=O)cc2c1C(=O)N([C@@H](C)C(C)(C)C)C2. The second kappa shape index (κ2) is 8.07. The number of aliphatic imine (C=N–C) groups is 1. The van der Waals surface area contributed by atoms with Crippen LogP contribution in [-0.4, -0.2) is 43.4 Å². The van der Waals surface area contributed by atoms with Crippen molar-refractivity contribution in [3.63, 3.8) is 0 Å². The Morgan fingerprint density at radius 3 is 2.48 bits per heavy atom. The van der Waals surface area contributed by atoms with E-state index in [2.05, 4.69) is 35.8 Å². The molecule has 0 fully saturated rings. The number of fused-ring (bicyclic) bond motifs is 1. The van der Waals surface area contributed by atoms with E-state index >= 15 is 0 Å². The maximum absolute atomic E-state index is 13.3. The van der Waals surface area contributed by atoms with Crippen molar-refractivity contribution in [3.8, 4) is 0 Å². The largest absolute Gasteiger partial charge is 0.331 e. The average molecular weight is 467 g/mol. The van der Waals surface area contributed by atoms with E-state index in [1.807, 2.05) is 25.3 Å². The smallest absolute Gasteiger partial charge is 0.256 e. The van der Waals surface area contributed by atoms with Crippen LogP contribution >= 0.6 is 10.9 Å². The van der Waals surface area contributed by atoms with Gasteiger partial charge in [-0.25, -0.2) is 18.1 Å². The number of hydrogen-bond acceptors (Lipinski definition) is 5. The van der Waals surface area contributed by atoms with Gasteiger partial charge < -0.3 is 10.2 Å². The minimum absolute atomic E-state index is 0.0289. The summed E-state index contributed by atoms with van der Waals surface area (Å²) in [5.41, 5.74) is 1.49. The maximum Gasteiger partial charge on any atom is 0.256 e. The van der Waals surface area contributed by atoms with E-state index in [9.17, 15) is 18.0 Å². The van der Waals surface area contributed by atoms with Gasteiger partial charge in [-0.3, -0.25) is 9.59 Å². The van der Waals surface area contributed by atoms with Gasteiger partial charge in [0.25, 0.3) is 5.91 Å². The third-order valence-corrected chi connectivity index (χ3v) is 9.21. The number of allylic oxidation sites excluding steroid dienone is 1. The van der Waals surface area contributed by atoms with Gasteiger partial charge in [0.05, 0.1) is 10.5 Å². The van der Waals surface area contributed by atoms with Crippen molar-refractivity contribution in [1.29, 1.82) is 0 Å². The summed E-state index contributed by atoms with van der Waals surface area (Å²) in [4.78, 5) is 31.8. The number of amides is 2. The molecule has 2 N–H and O–H groups in total. The fourth-order valence-corrected chi connectivity index (χ4v) is 6.74. The number of sulfonamides is 1. The lowest BCUT2D eigenvalue weighted by molar-refractivity contribution is -0.117. The molecule has 0 aromatic heterocycles. The Balaban J connectivity index is 2.16. The Morgan fingerprint density at radius 2 is 1.94 bits per heavy atom. The van der Waals surface area contributed by atoms with E-state index in [4.69, 9.17) is 0 Å². The molecule has 2 aliphatic rings. The van der Waals surface area contributed by atoms with Gasteiger partial charge in [0.15, 0.2) is 5.17 Å². The molecule has 0 saturated heterocycles. The third-order valence-electron chi connectivity index (χ3n) is 5.66. The molecule has 8 nitrogen and oxygen atoms in total. The zero-order chi connectivity index (χ0) is 23.3. The summed E-state index contributed by atoms with van der Waals surface area (Å²) < 4.78 is 28.1. The van der Waals surface area contributed by atoms with E-state index in [0.717, 1.165) is 10.6 Å². The summed E-state index contributed by atoms with van der Waals surface area (Å²) in [6.07, 6.45) is 0. The molecule has 31 heavy (non-hydrogen) atoms. The molecule has 0 radical (unpaired) electrons. The molecule has 0 spiro atoms. The monoisotopic (exact) mass is 466 g/mol. The van der Waals surface area contributed by atoms with Crippen molar-refractivity contribution < 1.29 is 18.0 Å². The fraction of sp³-hybridized carbons (Fsp3) is 0.476. The Labute approximate surface area is 186 Å². The predicted molar refractivity (Wildman–Crippen MR) is 124 cm³/mol. The summed E-state index contributed by atoms with van der Waals surface area (Å²) in [6, 6.07) is 3.35. The van der Waals surface area contributed by atoms with Crippen LogP contribution < -0.4 is 10.0 Å². The van der Waals surface area contributed by atoms with Crippen LogP contribution in [0.5, 0.6) is 0 Å². The van der Waals surface area contributed by atoms with Gasteiger partial charge in [-0.2, -0.15) is 0 Å². The molecule has 3 rings (SSSR count). The second-order valence-corrected chi connectivity index (χ2v) is 12.7. The minimum atomic E-state index is -3.88. The van der Waals surface area contributed by atoms with Crippen LogP contribution in [0.4, 0.5) is 0 Å². The van der Waals surface area contributed by atoms with Crippen LogP contribution in [0.1, 0.15) is 57.5 Å². The summed E-state index contributed by atoms with van der Waals surface area (Å²) >= 11 is 0. The van der Waals surface area contributed by atoms with Crippen LogP contribution in [0.2, 0.25) is 0 Å². The molecular weight excluding hydrogens is 436 g/mol. The molecule has 1 aromatic rings. The number of carbonyl (C=O) groups excluding carboxylic acids is 2. The Kier molecular flexibility index (Phi) is 6.11. The topological polar surface area (TPSA) is 108 Å². The highest BCUT2D eigenvalue weighted by molar-refractivity contribution is 8.32. The fourth-order valence-electron chi connectivity index (χ4n) is 3.60. The second-order valence-electron chi connectivity index (χ2n) is 8.92. The zero-order valence-electron chi connectivity index (χ0n) is 18.9. The number of thiol groups is 1. The van der Waals surface area contributed by atoms with Gasteiger partial charge in [-0.15, -0.1) is 10.9 Å². The predicted octanol–water partition coefficient (Wildman–Crippen LogP) is 2.71. The molecular formula is C21H30N4O4S2. The first kappa shape index (κ1) is 23.5. The Hall–Kier alpha value is -2.17. The number of amidine groups is 1. The quantitative estimate of drug-likeness (QED) is 0.593. The highest BCUT2D eigenvalue weighted by Crippen LogP contribution is 2.47. The summed E-state index contributed by atoms with van der Waals surface area (Å²) in [7, 11) is -3.73. The van der Waals surface area contributed by atoms with E-state index in [1.54, 1.807) is 11.0 Å². The van der Waals surface area contributed by atoms with Gasteiger partial charge in [0.1, 0.15) is 0 Å². The number of benzene rings is 1. The summed E-state index contributed by atoms with van der Waals surface area (Å²) in [6.45, 7) is 11.7. The highest BCUT2D eigenvalue weighted by Gasteiger charge is 2.40. The Bertz CT molecular complexity index is 1120. The number of nitrogens with zero attached hydrogens (tertiary/aromatic N) is 2. The van der Waals surface area contributed by atoms with Crippen LogP contribution in [0, 0.1) is 5.41 Å². The highest BCUT2D eigenvalue weighted by atomic mass is 32.2. The number of rotatable bonds is 4. The molecule has 170 valence electrons. The van der Waals surface area contributed by atoms with Crippen molar-refractivity contribution >= 4 is 37.9 Å². The van der Waals surface area contributed by atoms with E-state index in [-0.39, 0.29) is 33.7 Å². The number of hydrogen-bond donors (Lipinski definition) is 3. The molecule has 0 bridgehead atoms. The van der Waals surface area contributed by atoms with E-state index in [0.29, 0.717) is 17.3 Å². The van der Waals surface area contributed by atoms with Crippen molar-refractivity contribution in [1.82, 2.24) is 14.9 Å². The van der Waals surface area contributed by atoms with Gasteiger partial charge in [0, 0.05) is 25.2 Å². The normalized spacial score (nSPS) is 20.9. The molecule has 10 heteroatoms. The van der Waals surface area contributed by atoms with E-state index < -0.39 is 20.9 Å². The number of nitrogens with one attached hydrogen (secondary N) is 2. The van der Waals surface area contributed by atoms with Crippen LogP contribution in [0.15, 0.2) is 38.0 Å². The van der Waals surface area contributed by atoms with E-state index in [1.165, 1.54) is 14.0 Å². The van der Waals surface area contributed by atoms with Crippen LogP contribution in [0.3, 0.4) is 0 Å². The molecule has 0 aliphatic carbocycles. The molecule has 1 unspecified atom stereocenters. The molecule has 0 saturated carbocycles. The first-order chi connectivity index (χ1) is 14.3. The van der Waals surface area contributed by atoms with Gasteiger partial charge >= 0.3 is 0 Å². The lowest BCUT2D eigenvalue weighted by Crippen LogP contribution is -2.42. The zero-order valence-corrected chi connectivity index (χ0v) is 20.6. The summed E-state index contributed by atoms with van der Waals surface area (Å²) in [5.74, 6) is -0.515. The minimum Gasteiger partial charge on any atom is -0.331 e. The van der Waals surface area contributed by atoms with Crippen molar-refractivity contribution in [2.45, 2.75) is 63.9 Å². The molecule has 2 amide bonds. The van der Waals surface area contributed by atoms with Crippen molar-refractivity contribution in [3.05, 3.63) is 34.4 Å². The van der Waals surface area contributed by atoms with Crippen LogP contribution in [0.25, 0.3) is 0 Å².